The third-order valence-electron chi connectivity index (χ3n) is 3.94. The Morgan fingerprint density at radius 3 is 2.33 bits per heavy atom. The van der Waals surface area contributed by atoms with Gasteiger partial charge in [0.25, 0.3) is 0 Å². The van der Waals surface area contributed by atoms with Gasteiger partial charge in [-0.3, -0.25) is 4.90 Å². The van der Waals surface area contributed by atoms with E-state index >= 15 is 0 Å². The molecular formula is C18H27N3. The first-order valence-electron chi connectivity index (χ1n) is 7.83. The highest BCUT2D eigenvalue weighted by molar-refractivity contribution is 5.27. The standard InChI is InChI=1S/C18H27N3/c1-4-21(5-2)15-18-9-7-6-8-17(18)13-19-12-16-10-11-20(3)14-16/h6-11,14,19H,4-5,12-13,15H2,1-3H3. The number of aromatic nitrogens is 1. The van der Waals surface area contributed by atoms with Crippen molar-refractivity contribution in [3.63, 3.8) is 0 Å². The summed E-state index contributed by atoms with van der Waals surface area (Å²) >= 11 is 0. The number of rotatable bonds is 8. The smallest absolute Gasteiger partial charge is 0.0236 e. The average molecular weight is 285 g/mol. The lowest BCUT2D eigenvalue weighted by Crippen LogP contribution is -2.23. The Bertz CT molecular complexity index is 541. The molecule has 2 aromatic rings. The second-order valence-corrected chi connectivity index (χ2v) is 5.52. The Balaban J connectivity index is 1.93. The summed E-state index contributed by atoms with van der Waals surface area (Å²) in [6.45, 7) is 9.52. The molecule has 0 unspecified atom stereocenters. The van der Waals surface area contributed by atoms with E-state index in [1.807, 2.05) is 0 Å². The van der Waals surface area contributed by atoms with Crippen LogP contribution in [0.3, 0.4) is 0 Å². The van der Waals surface area contributed by atoms with Crippen LogP contribution in [-0.2, 0) is 26.7 Å². The number of aryl methyl sites for hydroxylation is 1. The van der Waals surface area contributed by atoms with E-state index in [1.165, 1.54) is 16.7 Å². The largest absolute Gasteiger partial charge is 0.357 e. The van der Waals surface area contributed by atoms with E-state index in [2.05, 4.69) is 78.4 Å². The topological polar surface area (TPSA) is 20.2 Å². The first kappa shape index (κ1) is 15.8. The molecule has 0 atom stereocenters. The van der Waals surface area contributed by atoms with Gasteiger partial charge in [0.15, 0.2) is 0 Å². The van der Waals surface area contributed by atoms with Gasteiger partial charge in [-0.2, -0.15) is 0 Å². The molecule has 1 N–H and O–H groups in total. The second kappa shape index (κ2) is 8.01. The van der Waals surface area contributed by atoms with Crippen molar-refractivity contribution in [1.29, 1.82) is 0 Å². The van der Waals surface area contributed by atoms with Crippen molar-refractivity contribution in [2.45, 2.75) is 33.5 Å². The molecule has 0 saturated heterocycles. The predicted molar refractivity (Wildman–Crippen MR) is 89.0 cm³/mol. The molecule has 114 valence electrons. The molecule has 3 nitrogen and oxygen atoms in total. The molecular weight excluding hydrogens is 258 g/mol. The Morgan fingerprint density at radius 1 is 1.00 bits per heavy atom. The maximum atomic E-state index is 3.55. The first-order chi connectivity index (χ1) is 10.2. The minimum atomic E-state index is 0.917. The van der Waals surface area contributed by atoms with Crippen LogP contribution in [0.1, 0.15) is 30.5 Å². The van der Waals surface area contributed by atoms with Crippen LogP contribution in [0, 0.1) is 0 Å². The monoisotopic (exact) mass is 285 g/mol. The maximum Gasteiger partial charge on any atom is 0.0236 e. The summed E-state index contributed by atoms with van der Waals surface area (Å²) in [5.41, 5.74) is 4.17. The molecule has 2 rings (SSSR count). The summed E-state index contributed by atoms with van der Waals surface area (Å²) in [4.78, 5) is 2.45. The Hall–Kier alpha value is -1.58. The number of nitrogens with zero attached hydrogens (tertiary/aromatic N) is 2. The molecule has 0 aliphatic carbocycles. The predicted octanol–water partition coefficient (Wildman–Crippen LogP) is 3.16. The van der Waals surface area contributed by atoms with E-state index in [9.17, 15) is 0 Å². The summed E-state index contributed by atoms with van der Waals surface area (Å²) in [6.07, 6.45) is 4.25. The SMILES string of the molecule is CCN(CC)Cc1ccccc1CNCc1ccn(C)c1. The van der Waals surface area contributed by atoms with Gasteiger partial charge in [-0.1, -0.05) is 38.1 Å². The fourth-order valence-corrected chi connectivity index (χ4v) is 2.58. The molecule has 0 aliphatic heterocycles. The normalized spacial score (nSPS) is 11.2. The molecule has 0 amide bonds. The Labute approximate surface area is 128 Å². The van der Waals surface area contributed by atoms with Crippen molar-refractivity contribution in [3.8, 4) is 0 Å². The van der Waals surface area contributed by atoms with Crippen LogP contribution in [0.5, 0.6) is 0 Å². The van der Waals surface area contributed by atoms with Crippen LogP contribution in [0.2, 0.25) is 0 Å². The lowest BCUT2D eigenvalue weighted by Gasteiger charge is -2.20. The molecule has 3 heteroatoms. The van der Waals surface area contributed by atoms with Gasteiger partial charge < -0.3 is 9.88 Å². The Morgan fingerprint density at radius 2 is 1.71 bits per heavy atom. The van der Waals surface area contributed by atoms with Crippen molar-refractivity contribution >= 4 is 0 Å². The van der Waals surface area contributed by atoms with Gasteiger partial charge in [0.05, 0.1) is 0 Å². The molecule has 0 spiro atoms. The van der Waals surface area contributed by atoms with Crippen molar-refractivity contribution in [2.24, 2.45) is 7.05 Å². The summed E-state index contributed by atoms with van der Waals surface area (Å²) < 4.78 is 2.09. The van der Waals surface area contributed by atoms with Gasteiger partial charge in [0.2, 0.25) is 0 Å². The number of benzene rings is 1. The average Bonchev–Trinajstić information content (AvgIpc) is 2.91. The lowest BCUT2D eigenvalue weighted by molar-refractivity contribution is 0.294. The molecule has 0 saturated carbocycles. The van der Waals surface area contributed by atoms with E-state index in [0.717, 1.165) is 32.7 Å². The summed E-state index contributed by atoms with van der Waals surface area (Å²) in [5.74, 6) is 0. The minimum absolute atomic E-state index is 0.917. The Kier molecular flexibility index (Phi) is 6.03. The summed E-state index contributed by atoms with van der Waals surface area (Å²) in [7, 11) is 2.06. The molecule has 0 fully saturated rings. The highest BCUT2D eigenvalue weighted by Gasteiger charge is 2.06. The summed E-state index contributed by atoms with van der Waals surface area (Å²) in [5, 5.41) is 3.55. The molecule has 1 heterocycles. The highest BCUT2D eigenvalue weighted by atomic mass is 15.1. The molecule has 1 aromatic heterocycles. The van der Waals surface area contributed by atoms with Crippen molar-refractivity contribution in [3.05, 3.63) is 59.4 Å². The van der Waals surface area contributed by atoms with E-state index in [0.29, 0.717) is 0 Å². The van der Waals surface area contributed by atoms with Gasteiger partial charge in [0.1, 0.15) is 0 Å². The van der Waals surface area contributed by atoms with Crippen LogP contribution >= 0.6 is 0 Å². The van der Waals surface area contributed by atoms with Gasteiger partial charge in [-0.15, -0.1) is 0 Å². The highest BCUT2D eigenvalue weighted by Crippen LogP contribution is 2.12. The number of hydrogen-bond donors (Lipinski definition) is 1. The third-order valence-corrected chi connectivity index (χ3v) is 3.94. The lowest BCUT2D eigenvalue weighted by atomic mass is 10.1. The second-order valence-electron chi connectivity index (χ2n) is 5.52. The zero-order chi connectivity index (χ0) is 15.1. The van der Waals surface area contributed by atoms with Gasteiger partial charge in [-0.05, 0) is 35.8 Å². The first-order valence-corrected chi connectivity index (χ1v) is 7.83. The van der Waals surface area contributed by atoms with Gasteiger partial charge in [-0.25, -0.2) is 0 Å². The quantitative estimate of drug-likeness (QED) is 0.804. The third kappa shape index (κ3) is 4.73. The van der Waals surface area contributed by atoms with E-state index in [-0.39, 0.29) is 0 Å². The van der Waals surface area contributed by atoms with Gasteiger partial charge >= 0.3 is 0 Å². The van der Waals surface area contributed by atoms with E-state index in [1.54, 1.807) is 0 Å². The van der Waals surface area contributed by atoms with Crippen LogP contribution in [0.15, 0.2) is 42.7 Å². The van der Waals surface area contributed by atoms with Crippen molar-refractivity contribution < 1.29 is 0 Å². The van der Waals surface area contributed by atoms with Crippen molar-refractivity contribution in [1.82, 2.24) is 14.8 Å². The fourth-order valence-electron chi connectivity index (χ4n) is 2.58. The van der Waals surface area contributed by atoms with Crippen molar-refractivity contribution in [2.75, 3.05) is 13.1 Å². The van der Waals surface area contributed by atoms with Crippen LogP contribution in [-0.4, -0.2) is 22.6 Å². The molecule has 21 heavy (non-hydrogen) atoms. The van der Waals surface area contributed by atoms with E-state index < -0.39 is 0 Å². The van der Waals surface area contributed by atoms with Crippen LogP contribution < -0.4 is 5.32 Å². The minimum Gasteiger partial charge on any atom is -0.357 e. The van der Waals surface area contributed by atoms with Crippen LogP contribution in [0.25, 0.3) is 0 Å². The molecule has 0 aliphatic rings. The maximum absolute atomic E-state index is 3.55. The fraction of sp³-hybridized carbons (Fsp3) is 0.444. The van der Waals surface area contributed by atoms with E-state index in [4.69, 9.17) is 0 Å². The number of hydrogen-bond acceptors (Lipinski definition) is 2. The number of nitrogens with one attached hydrogen (secondary N) is 1. The molecule has 0 radical (unpaired) electrons. The molecule has 1 aromatic carbocycles. The van der Waals surface area contributed by atoms with Crippen LogP contribution in [0.4, 0.5) is 0 Å². The summed E-state index contributed by atoms with van der Waals surface area (Å²) in [6, 6.07) is 10.9. The zero-order valence-electron chi connectivity index (χ0n) is 13.5. The zero-order valence-corrected chi connectivity index (χ0v) is 13.5. The van der Waals surface area contributed by atoms with Gasteiger partial charge in [0, 0.05) is 39.1 Å². The molecule has 0 bridgehead atoms.